The second kappa shape index (κ2) is 11.2. The maximum Gasteiger partial charge on any atom is 0.271 e. The van der Waals surface area contributed by atoms with E-state index in [1.165, 1.54) is 0 Å². The van der Waals surface area contributed by atoms with E-state index >= 15 is 0 Å². The van der Waals surface area contributed by atoms with Crippen LogP contribution in [0.15, 0.2) is 75.1 Å². The van der Waals surface area contributed by atoms with Crippen molar-refractivity contribution >= 4 is 51.4 Å². The van der Waals surface area contributed by atoms with Gasteiger partial charge >= 0.3 is 0 Å². The van der Waals surface area contributed by atoms with E-state index in [0.29, 0.717) is 17.1 Å². The predicted octanol–water partition coefficient (Wildman–Crippen LogP) is 6.18. The molecule has 0 fully saturated rings. The highest BCUT2D eigenvalue weighted by molar-refractivity contribution is 9.10. The number of carbonyl (C=O) groups is 1. The first-order chi connectivity index (χ1) is 15.0. The standard InChI is InChI=1S/C23H20BrClN2O3S/c1-29-21-12-16(11-20(24)22(21)30-2)13-26-27-23(28)17-5-3-15(4-6-17)14-31-19-9-7-18(25)8-10-19/h3-13H,14H2,1-2H3,(H,27,28)/b26-13-. The molecule has 160 valence electrons. The Kier molecular flexibility index (Phi) is 8.40. The van der Waals surface area contributed by atoms with E-state index in [2.05, 4.69) is 26.5 Å². The van der Waals surface area contributed by atoms with E-state index in [1.807, 2.05) is 42.5 Å². The van der Waals surface area contributed by atoms with Gasteiger partial charge in [-0.15, -0.1) is 11.8 Å². The zero-order valence-corrected chi connectivity index (χ0v) is 20.1. The third-order valence-electron chi connectivity index (χ3n) is 4.27. The molecule has 0 saturated carbocycles. The van der Waals surface area contributed by atoms with Crippen LogP contribution >= 0.6 is 39.3 Å². The molecule has 0 aliphatic carbocycles. The molecule has 3 aromatic carbocycles. The fraction of sp³-hybridized carbons (Fsp3) is 0.130. The van der Waals surface area contributed by atoms with Gasteiger partial charge in [-0.05, 0) is 75.6 Å². The van der Waals surface area contributed by atoms with Gasteiger partial charge in [0.1, 0.15) is 0 Å². The molecule has 0 bridgehead atoms. The average molecular weight is 520 g/mol. The zero-order chi connectivity index (χ0) is 22.2. The first-order valence-corrected chi connectivity index (χ1v) is 11.4. The number of rotatable bonds is 8. The van der Waals surface area contributed by atoms with E-state index in [1.54, 1.807) is 50.4 Å². The largest absolute Gasteiger partial charge is 0.493 e. The van der Waals surface area contributed by atoms with Crippen LogP contribution in [0.25, 0.3) is 0 Å². The third kappa shape index (κ3) is 6.50. The summed E-state index contributed by atoms with van der Waals surface area (Å²) in [5, 5.41) is 4.76. The van der Waals surface area contributed by atoms with Crippen LogP contribution in [0.5, 0.6) is 11.5 Å². The Balaban J connectivity index is 1.57. The Bertz CT molecular complexity index is 1070. The van der Waals surface area contributed by atoms with Gasteiger partial charge in [-0.3, -0.25) is 4.79 Å². The van der Waals surface area contributed by atoms with E-state index in [-0.39, 0.29) is 5.91 Å². The Labute approximate surface area is 198 Å². The molecule has 5 nitrogen and oxygen atoms in total. The van der Waals surface area contributed by atoms with Crippen molar-refractivity contribution in [2.45, 2.75) is 10.6 Å². The number of carbonyl (C=O) groups excluding carboxylic acids is 1. The second-order valence-electron chi connectivity index (χ2n) is 6.38. The minimum atomic E-state index is -0.285. The van der Waals surface area contributed by atoms with Crippen molar-refractivity contribution < 1.29 is 14.3 Å². The van der Waals surface area contributed by atoms with E-state index in [0.717, 1.165) is 31.3 Å². The van der Waals surface area contributed by atoms with Gasteiger partial charge in [0.25, 0.3) is 5.91 Å². The summed E-state index contributed by atoms with van der Waals surface area (Å²) in [4.78, 5) is 13.5. The Hall–Kier alpha value is -2.48. The fourth-order valence-electron chi connectivity index (χ4n) is 2.69. The zero-order valence-electron chi connectivity index (χ0n) is 16.9. The summed E-state index contributed by atoms with van der Waals surface area (Å²) >= 11 is 11.1. The lowest BCUT2D eigenvalue weighted by atomic mass is 10.1. The van der Waals surface area contributed by atoms with Crippen LogP contribution in [0.1, 0.15) is 21.5 Å². The molecule has 1 amide bonds. The molecule has 31 heavy (non-hydrogen) atoms. The summed E-state index contributed by atoms with van der Waals surface area (Å²) < 4.78 is 11.3. The van der Waals surface area contributed by atoms with Crippen molar-refractivity contribution in [1.82, 2.24) is 5.43 Å². The Morgan fingerprint density at radius 3 is 2.45 bits per heavy atom. The monoisotopic (exact) mass is 518 g/mol. The van der Waals surface area contributed by atoms with Crippen LogP contribution in [0.2, 0.25) is 5.02 Å². The van der Waals surface area contributed by atoms with Gasteiger partial charge in [0.15, 0.2) is 11.5 Å². The molecule has 3 aromatic rings. The third-order valence-corrected chi connectivity index (χ3v) is 6.20. The van der Waals surface area contributed by atoms with E-state index < -0.39 is 0 Å². The first kappa shape index (κ1) is 23.2. The van der Waals surface area contributed by atoms with E-state index in [9.17, 15) is 4.79 Å². The van der Waals surface area contributed by atoms with Gasteiger partial charge in [-0.2, -0.15) is 5.10 Å². The highest BCUT2D eigenvalue weighted by atomic mass is 79.9. The van der Waals surface area contributed by atoms with Gasteiger partial charge in [0, 0.05) is 21.2 Å². The SMILES string of the molecule is COc1cc(/C=N\NC(=O)c2ccc(CSc3ccc(Cl)cc3)cc2)cc(Br)c1OC. The predicted molar refractivity (Wildman–Crippen MR) is 130 cm³/mol. The number of hydrogen-bond donors (Lipinski definition) is 1. The number of ether oxygens (including phenoxy) is 2. The molecule has 0 heterocycles. The lowest BCUT2D eigenvalue weighted by Gasteiger charge is -2.10. The topological polar surface area (TPSA) is 59.9 Å². The van der Waals surface area contributed by atoms with Crippen molar-refractivity contribution in [2.24, 2.45) is 5.10 Å². The summed E-state index contributed by atoms with van der Waals surface area (Å²) in [6.07, 6.45) is 1.54. The normalized spacial score (nSPS) is 10.8. The van der Waals surface area contributed by atoms with Crippen LogP contribution in [0.3, 0.4) is 0 Å². The second-order valence-corrected chi connectivity index (χ2v) is 8.72. The average Bonchev–Trinajstić information content (AvgIpc) is 2.78. The molecule has 0 aromatic heterocycles. The molecule has 0 saturated heterocycles. The molecule has 1 N–H and O–H groups in total. The van der Waals surface area contributed by atoms with Crippen molar-refractivity contribution in [3.05, 3.63) is 86.8 Å². The number of methoxy groups -OCH3 is 2. The van der Waals surface area contributed by atoms with Crippen LogP contribution in [0, 0.1) is 0 Å². The minimum absolute atomic E-state index is 0.285. The number of halogens is 2. The molecule has 3 rings (SSSR count). The van der Waals surface area contributed by atoms with Gasteiger partial charge in [0.05, 0.1) is 24.9 Å². The maximum atomic E-state index is 12.4. The van der Waals surface area contributed by atoms with Gasteiger partial charge in [-0.1, -0.05) is 23.7 Å². The summed E-state index contributed by atoms with van der Waals surface area (Å²) in [6.45, 7) is 0. The number of nitrogens with zero attached hydrogens (tertiary/aromatic N) is 1. The van der Waals surface area contributed by atoms with E-state index in [4.69, 9.17) is 21.1 Å². The maximum absolute atomic E-state index is 12.4. The highest BCUT2D eigenvalue weighted by Crippen LogP contribution is 2.35. The molecule has 0 unspecified atom stereocenters. The van der Waals surface area contributed by atoms with Crippen molar-refractivity contribution in [3.8, 4) is 11.5 Å². The number of amides is 1. The van der Waals surface area contributed by atoms with Gasteiger partial charge in [-0.25, -0.2) is 5.43 Å². The summed E-state index contributed by atoms with van der Waals surface area (Å²) in [6, 6.07) is 18.8. The molecule has 0 spiro atoms. The Morgan fingerprint density at radius 2 is 1.81 bits per heavy atom. The van der Waals surface area contributed by atoms with Gasteiger partial charge in [0.2, 0.25) is 0 Å². The smallest absolute Gasteiger partial charge is 0.271 e. The molecule has 8 heteroatoms. The summed E-state index contributed by atoms with van der Waals surface area (Å²) in [5.41, 5.74) is 4.94. The number of hydrogen-bond acceptors (Lipinski definition) is 5. The number of hydrazone groups is 1. The highest BCUT2D eigenvalue weighted by Gasteiger charge is 2.10. The fourth-order valence-corrected chi connectivity index (χ4v) is 4.29. The van der Waals surface area contributed by atoms with Crippen molar-refractivity contribution in [1.29, 1.82) is 0 Å². The molecule has 0 atom stereocenters. The number of thioether (sulfide) groups is 1. The van der Waals surface area contributed by atoms with Gasteiger partial charge < -0.3 is 9.47 Å². The van der Waals surface area contributed by atoms with Crippen LogP contribution < -0.4 is 14.9 Å². The van der Waals surface area contributed by atoms with Crippen LogP contribution in [-0.2, 0) is 5.75 Å². The molecular formula is C23H20BrClN2O3S. The number of benzene rings is 3. The Morgan fingerprint density at radius 1 is 1.10 bits per heavy atom. The summed E-state index contributed by atoms with van der Waals surface area (Å²) in [5.74, 6) is 1.68. The minimum Gasteiger partial charge on any atom is -0.493 e. The number of nitrogens with one attached hydrogen (secondary N) is 1. The lowest BCUT2D eigenvalue weighted by molar-refractivity contribution is 0.0955. The van der Waals surface area contributed by atoms with Crippen molar-refractivity contribution in [3.63, 3.8) is 0 Å². The van der Waals surface area contributed by atoms with Crippen molar-refractivity contribution in [2.75, 3.05) is 14.2 Å². The quantitative estimate of drug-likeness (QED) is 0.219. The summed E-state index contributed by atoms with van der Waals surface area (Å²) in [7, 11) is 3.13. The lowest BCUT2D eigenvalue weighted by Crippen LogP contribution is -2.17. The van der Waals surface area contributed by atoms with Crippen LogP contribution in [0.4, 0.5) is 0 Å². The molecular weight excluding hydrogens is 500 g/mol. The molecule has 0 aliphatic rings. The molecule has 0 aliphatic heterocycles. The first-order valence-electron chi connectivity index (χ1n) is 9.22. The molecule has 0 radical (unpaired) electrons. The van der Waals surface area contributed by atoms with Crippen LogP contribution in [-0.4, -0.2) is 26.3 Å².